The molecule has 4 rings (SSSR count). The molecule has 0 saturated heterocycles. The summed E-state index contributed by atoms with van der Waals surface area (Å²) in [4.78, 5) is 21.7. The quantitative estimate of drug-likeness (QED) is 0.283. The number of thiazole rings is 1. The number of carboxylic acid groups (broad SMARTS) is 1. The molecule has 0 aliphatic heterocycles. The normalized spacial score (nSPS) is 11.9. The Labute approximate surface area is 195 Å². The second kappa shape index (κ2) is 9.18. The van der Waals surface area contributed by atoms with Gasteiger partial charge in [-0.05, 0) is 37.6 Å². The summed E-state index contributed by atoms with van der Waals surface area (Å²) in [5, 5.41) is 9.56. The van der Waals surface area contributed by atoms with Gasteiger partial charge in [0.25, 0.3) is 0 Å². The molecule has 2 aromatic heterocycles. The molecular formula is C23H19F3N2O3S2. The summed E-state index contributed by atoms with van der Waals surface area (Å²) in [6.07, 6.45) is -4.20. The Balaban J connectivity index is 1.54. The molecule has 0 aliphatic rings. The van der Waals surface area contributed by atoms with Gasteiger partial charge in [-0.2, -0.15) is 13.2 Å². The standard InChI is InChI=1S/C23H19F3N2O3S2/c1-12-3-8-16-20(31-18(28-16)9-10-19(29)30)21(12)32-11-17-13(2)27-22(33-17)14-4-6-15(7-5-14)23(24,25)26/h3-8H,9-11H2,1-2H3,(H,29,30). The minimum absolute atomic E-state index is 0.0545. The lowest BCUT2D eigenvalue weighted by Gasteiger charge is -2.06. The van der Waals surface area contributed by atoms with E-state index in [2.05, 4.69) is 9.97 Å². The van der Waals surface area contributed by atoms with Gasteiger partial charge in [0.1, 0.15) is 10.5 Å². The third-order valence-corrected chi connectivity index (χ3v) is 7.62. The number of nitrogens with zero attached hydrogens (tertiary/aromatic N) is 2. The zero-order chi connectivity index (χ0) is 23.8. The predicted molar refractivity (Wildman–Crippen MR) is 122 cm³/mol. The number of aliphatic carboxylic acids is 1. The van der Waals surface area contributed by atoms with Crippen LogP contribution in [0.3, 0.4) is 0 Å². The van der Waals surface area contributed by atoms with Crippen LogP contribution in [0.25, 0.3) is 21.7 Å². The Morgan fingerprint density at radius 3 is 2.52 bits per heavy atom. The average molecular weight is 493 g/mol. The number of oxazole rings is 1. The molecule has 5 nitrogen and oxygen atoms in total. The molecular weight excluding hydrogens is 473 g/mol. The van der Waals surface area contributed by atoms with Crippen molar-refractivity contribution in [3.05, 3.63) is 64.0 Å². The van der Waals surface area contributed by atoms with Gasteiger partial charge in [-0.3, -0.25) is 4.79 Å². The highest BCUT2D eigenvalue weighted by atomic mass is 32.2. The van der Waals surface area contributed by atoms with E-state index < -0.39 is 17.7 Å². The van der Waals surface area contributed by atoms with Crippen LogP contribution in [0.4, 0.5) is 13.2 Å². The first-order chi connectivity index (χ1) is 15.6. The molecule has 0 unspecified atom stereocenters. The van der Waals surface area contributed by atoms with E-state index in [1.165, 1.54) is 23.5 Å². The number of carbonyl (C=O) groups is 1. The van der Waals surface area contributed by atoms with E-state index in [1.807, 2.05) is 26.0 Å². The molecule has 1 N–H and O–H groups in total. The van der Waals surface area contributed by atoms with Crippen LogP contribution in [0.15, 0.2) is 45.7 Å². The van der Waals surface area contributed by atoms with E-state index >= 15 is 0 Å². The molecule has 0 bridgehead atoms. The maximum atomic E-state index is 12.8. The van der Waals surface area contributed by atoms with Crippen molar-refractivity contribution in [2.45, 2.75) is 43.5 Å². The fourth-order valence-electron chi connectivity index (χ4n) is 3.24. The third kappa shape index (κ3) is 5.22. The van der Waals surface area contributed by atoms with Gasteiger partial charge in [0.2, 0.25) is 0 Å². The fourth-order valence-corrected chi connectivity index (χ4v) is 5.57. The molecule has 172 valence electrons. The van der Waals surface area contributed by atoms with E-state index in [0.717, 1.165) is 33.2 Å². The number of hydrogen-bond acceptors (Lipinski definition) is 6. The first-order valence-corrected chi connectivity index (χ1v) is 11.8. The van der Waals surface area contributed by atoms with Crippen LogP contribution in [0.2, 0.25) is 0 Å². The van der Waals surface area contributed by atoms with Gasteiger partial charge in [0, 0.05) is 22.6 Å². The minimum Gasteiger partial charge on any atom is -0.481 e. The van der Waals surface area contributed by atoms with Gasteiger partial charge in [0.15, 0.2) is 11.5 Å². The summed E-state index contributed by atoms with van der Waals surface area (Å²) in [5.41, 5.74) is 3.10. The summed E-state index contributed by atoms with van der Waals surface area (Å²) >= 11 is 3.02. The molecule has 0 aliphatic carbocycles. The lowest BCUT2D eigenvalue weighted by Crippen LogP contribution is -2.03. The molecule has 0 saturated carbocycles. The maximum absolute atomic E-state index is 12.8. The SMILES string of the molecule is Cc1ccc2nc(CCC(=O)O)oc2c1SCc1sc(-c2ccc(C(F)(F)F)cc2)nc1C. The third-order valence-electron chi connectivity index (χ3n) is 5.01. The fraction of sp³-hybridized carbons (Fsp3) is 0.261. The summed E-state index contributed by atoms with van der Waals surface area (Å²) < 4.78 is 44.3. The molecule has 33 heavy (non-hydrogen) atoms. The van der Waals surface area contributed by atoms with E-state index in [9.17, 15) is 18.0 Å². The highest BCUT2D eigenvalue weighted by Gasteiger charge is 2.30. The van der Waals surface area contributed by atoms with Crippen LogP contribution in [0.1, 0.15) is 34.0 Å². The van der Waals surface area contributed by atoms with Crippen molar-refractivity contribution in [2.75, 3.05) is 0 Å². The van der Waals surface area contributed by atoms with Crippen molar-refractivity contribution in [2.24, 2.45) is 0 Å². The van der Waals surface area contributed by atoms with Gasteiger partial charge in [-0.1, -0.05) is 18.2 Å². The largest absolute Gasteiger partial charge is 0.481 e. The Morgan fingerprint density at radius 1 is 1.12 bits per heavy atom. The van der Waals surface area contributed by atoms with Crippen molar-refractivity contribution < 1.29 is 27.5 Å². The number of thioether (sulfide) groups is 1. The van der Waals surface area contributed by atoms with Gasteiger partial charge in [0.05, 0.1) is 22.6 Å². The number of benzene rings is 2. The van der Waals surface area contributed by atoms with Crippen LogP contribution in [0, 0.1) is 13.8 Å². The smallest absolute Gasteiger partial charge is 0.416 e. The van der Waals surface area contributed by atoms with Crippen molar-refractivity contribution >= 4 is 40.2 Å². The Bertz CT molecular complexity index is 1310. The van der Waals surface area contributed by atoms with Gasteiger partial charge >= 0.3 is 12.1 Å². The molecule has 2 aromatic carbocycles. The molecule has 0 atom stereocenters. The Hall–Kier alpha value is -2.85. The topological polar surface area (TPSA) is 76.2 Å². The molecule has 0 radical (unpaired) electrons. The van der Waals surface area contributed by atoms with Crippen molar-refractivity contribution in [1.82, 2.24) is 9.97 Å². The summed E-state index contributed by atoms with van der Waals surface area (Å²) in [6.45, 7) is 3.85. The lowest BCUT2D eigenvalue weighted by molar-refractivity contribution is -0.138. The second-order valence-electron chi connectivity index (χ2n) is 7.45. The molecule has 0 fully saturated rings. The van der Waals surface area contributed by atoms with Crippen LogP contribution >= 0.6 is 23.1 Å². The van der Waals surface area contributed by atoms with Crippen LogP contribution in [0.5, 0.6) is 0 Å². The number of alkyl halides is 3. The van der Waals surface area contributed by atoms with E-state index in [1.54, 1.807) is 11.8 Å². The van der Waals surface area contributed by atoms with Crippen molar-refractivity contribution in [3.63, 3.8) is 0 Å². The highest BCUT2D eigenvalue weighted by Crippen LogP contribution is 2.38. The molecule has 10 heteroatoms. The monoisotopic (exact) mass is 492 g/mol. The van der Waals surface area contributed by atoms with E-state index in [4.69, 9.17) is 9.52 Å². The number of rotatable bonds is 7. The number of aromatic nitrogens is 2. The maximum Gasteiger partial charge on any atom is 0.416 e. The summed E-state index contributed by atoms with van der Waals surface area (Å²) in [7, 11) is 0. The predicted octanol–water partition coefficient (Wildman–Crippen LogP) is 6.90. The molecule has 0 spiro atoms. The molecule has 0 amide bonds. The second-order valence-corrected chi connectivity index (χ2v) is 9.52. The first-order valence-electron chi connectivity index (χ1n) is 9.99. The number of fused-ring (bicyclic) bond motifs is 1. The van der Waals surface area contributed by atoms with Crippen LogP contribution < -0.4 is 0 Å². The first kappa shape index (κ1) is 23.3. The lowest BCUT2D eigenvalue weighted by atomic mass is 10.1. The molecule has 2 heterocycles. The Morgan fingerprint density at radius 2 is 1.85 bits per heavy atom. The molecule has 4 aromatic rings. The average Bonchev–Trinajstić information content (AvgIpc) is 3.34. The number of aryl methyl sites for hydroxylation is 3. The summed E-state index contributed by atoms with van der Waals surface area (Å²) in [6, 6.07) is 8.81. The van der Waals surface area contributed by atoms with Gasteiger partial charge < -0.3 is 9.52 Å². The van der Waals surface area contributed by atoms with Crippen molar-refractivity contribution in [1.29, 1.82) is 0 Å². The van der Waals surface area contributed by atoms with Gasteiger partial charge in [-0.15, -0.1) is 23.1 Å². The zero-order valence-electron chi connectivity index (χ0n) is 17.7. The van der Waals surface area contributed by atoms with E-state index in [0.29, 0.717) is 33.3 Å². The van der Waals surface area contributed by atoms with Crippen molar-refractivity contribution in [3.8, 4) is 10.6 Å². The van der Waals surface area contributed by atoms with Crippen LogP contribution in [-0.4, -0.2) is 21.0 Å². The minimum atomic E-state index is -4.37. The highest BCUT2D eigenvalue weighted by molar-refractivity contribution is 7.99. The van der Waals surface area contributed by atoms with Crippen LogP contribution in [-0.2, 0) is 23.1 Å². The van der Waals surface area contributed by atoms with E-state index in [-0.39, 0.29) is 12.8 Å². The Kier molecular flexibility index (Phi) is 6.49. The van der Waals surface area contributed by atoms with Gasteiger partial charge in [-0.25, -0.2) is 9.97 Å². The number of halogens is 3. The zero-order valence-corrected chi connectivity index (χ0v) is 19.3. The number of carboxylic acids is 1. The summed E-state index contributed by atoms with van der Waals surface area (Å²) in [5.74, 6) is 0.0841. The number of hydrogen-bond donors (Lipinski definition) is 1.